The van der Waals surface area contributed by atoms with E-state index in [9.17, 15) is 0 Å². The van der Waals surface area contributed by atoms with E-state index < -0.39 is 0 Å². The van der Waals surface area contributed by atoms with Gasteiger partial charge in [-0.05, 0) is 37.1 Å². The van der Waals surface area contributed by atoms with Gasteiger partial charge < -0.3 is 5.73 Å². The molecule has 1 aromatic heterocycles. The fourth-order valence-corrected chi connectivity index (χ4v) is 2.90. The average molecular weight is 282 g/mol. The van der Waals surface area contributed by atoms with E-state index in [-0.39, 0.29) is 0 Å². The van der Waals surface area contributed by atoms with E-state index in [1.807, 2.05) is 0 Å². The molecule has 0 aliphatic rings. The smallest absolute Gasteiger partial charge is 0.0488 e. The Bertz CT molecular complexity index is 485. The van der Waals surface area contributed by atoms with E-state index >= 15 is 0 Å². The van der Waals surface area contributed by atoms with E-state index in [0.29, 0.717) is 0 Å². The van der Waals surface area contributed by atoms with Crippen molar-refractivity contribution in [3.63, 3.8) is 0 Å². The van der Waals surface area contributed by atoms with Crippen LogP contribution >= 0.6 is 27.3 Å². The van der Waals surface area contributed by atoms with Crippen molar-refractivity contribution in [1.29, 1.82) is 0 Å². The standard InChI is InChI=1S/C12H12BrNS/c1-7-11(14)8(2)15-12(7)9-3-5-10(13)6-4-9/h3-6H,14H2,1-2H3. The highest BCUT2D eigenvalue weighted by atomic mass is 79.9. The molecule has 2 N–H and O–H groups in total. The summed E-state index contributed by atoms with van der Waals surface area (Å²) in [4.78, 5) is 2.47. The summed E-state index contributed by atoms with van der Waals surface area (Å²) in [6.07, 6.45) is 0. The SMILES string of the molecule is Cc1sc(-c2ccc(Br)cc2)c(C)c1N. The van der Waals surface area contributed by atoms with Crippen LogP contribution in [0.2, 0.25) is 0 Å². The Morgan fingerprint density at radius 2 is 1.73 bits per heavy atom. The van der Waals surface area contributed by atoms with E-state index in [4.69, 9.17) is 5.73 Å². The molecule has 0 amide bonds. The molecule has 0 radical (unpaired) electrons. The summed E-state index contributed by atoms with van der Waals surface area (Å²) in [6.45, 7) is 4.14. The number of nitrogens with two attached hydrogens (primary N) is 1. The zero-order valence-corrected chi connectivity index (χ0v) is 11.1. The lowest BCUT2D eigenvalue weighted by Gasteiger charge is -2.00. The van der Waals surface area contributed by atoms with Crippen LogP contribution in [0.15, 0.2) is 28.7 Å². The van der Waals surface area contributed by atoms with Gasteiger partial charge in [0.15, 0.2) is 0 Å². The lowest BCUT2D eigenvalue weighted by Crippen LogP contribution is -1.86. The fourth-order valence-electron chi connectivity index (χ4n) is 1.55. The number of halogens is 1. The van der Waals surface area contributed by atoms with E-state index in [0.717, 1.165) is 10.2 Å². The van der Waals surface area contributed by atoms with Gasteiger partial charge in [0.05, 0.1) is 0 Å². The van der Waals surface area contributed by atoms with Crippen molar-refractivity contribution >= 4 is 33.0 Å². The van der Waals surface area contributed by atoms with Gasteiger partial charge in [-0.2, -0.15) is 0 Å². The molecule has 1 heterocycles. The predicted octanol–water partition coefficient (Wildman–Crippen LogP) is 4.38. The largest absolute Gasteiger partial charge is 0.398 e. The molecule has 0 spiro atoms. The lowest BCUT2D eigenvalue weighted by atomic mass is 10.1. The first kappa shape index (κ1) is 10.7. The third-order valence-electron chi connectivity index (χ3n) is 2.49. The summed E-state index contributed by atoms with van der Waals surface area (Å²) in [5.74, 6) is 0. The number of benzene rings is 1. The van der Waals surface area contributed by atoms with Crippen LogP contribution in [0.5, 0.6) is 0 Å². The molecule has 0 bridgehead atoms. The van der Waals surface area contributed by atoms with Crippen LogP contribution in [0.25, 0.3) is 10.4 Å². The minimum absolute atomic E-state index is 0.929. The summed E-state index contributed by atoms with van der Waals surface area (Å²) in [7, 11) is 0. The molecule has 0 unspecified atom stereocenters. The molecule has 0 fully saturated rings. The number of hydrogen-bond donors (Lipinski definition) is 1. The first-order chi connectivity index (χ1) is 7.09. The number of anilines is 1. The first-order valence-electron chi connectivity index (χ1n) is 4.71. The van der Waals surface area contributed by atoms with Gasteiger partial charge in [-0.1, -0.05) is 28.1 Å². The van der Waals surface area contributed by atoms with Crippen molar-refractivity contribution in [3.05, 3.63) is 39.2 Å². The quantitative estimate of drug-likeness (QED) is 0.825. The Balaban J connectivity index is 2.54. The van der Waals surface area contributed by atoms with Gasteiger partial charge in [0.2, 0.25) is 0 Å². The van der Waals surface area contributed by atoms with Gasteiger partial charge in [0, 0.05) is 19.9 Å². The summed E-state index contributed by atoms with van der Waals surface area (Å²) in [5.41, 5.74) is 9.33. The Kier molecular flexibility index (Phi) is 2.85. The molecular weight excluding hydrogens is 270 g/mol. The highest BCUT2D eigenvalue weighted by Gasteiger charge is 2.10. The van der Waals surface area contributed by atoms with Crippen molar-refractivity contribution < 1.29 is 0 Å². The molecule has 0 aliphatic heterocycles. The summed E-state index contributed by atoms with van der Waals surface area (Å²) >= 11 is 5.19. The highest BCUT2D eigenvalue weighted by molar-refractivity contribution is 9.10. The van der Waals surface area contributed by atoms with Gasteiger partial charge in [0.25, 0.3) is 0 Å². The minimum atomic E-state index is 0.929. The second-order valence-corrected chi connectivity index (χ2v) is 5.67. The molecule has 0 aliphatic carbocycles. The second-order valence-electron chi connectivity index (χ2n) is 3.53. The van der Waals surface area contributed by atoms with Crippen LogP contribution in [-0.4, -0.2) is 0 Å². The van der Waals surface area contributed by atoms with Crippen LogP contribution in [0.4, 0.5) is 5.69 Å². The van der Waals surface area contributed by atoms with Crippen LogP contribution < -0.4 is 5.73 Å². The van der Waals surface area contributed by atoms with Gasteiger partial charge >= 0.3 is 0 Å². The maximum Gasteiger partial charge on any atom is 0.0488 e. The molecule has 3 heteroatoms. The van der Waals surface area contributed by atoms with Crippen molar-refractivity contribution in [2.24, 2.45) is 0 Å². The van der Waals surface area contributed by atoms with Crippen LogP contribution in [0.3, 0.4) is 0 Å². The summed E-state index contributed by atoms with van der Waals surface area (Å²) < 4.78 is 1.10. The number of rotatable bonds is 1. The topological polar surface area (TPSA) is 26.0 Å². The van der Waals surface area contributed by atoms with E-state index in [1.165, 1.54) is 20.9 Å². The summed E-state index contributed by atoms with van der Waals surface area (Å²) in [5, 5.41) is 0. The number of aryl methyl sites for hydroxylation is 1. The Labute approximate surface area is 102 Å². The average Bonchev–Trinajstić information content (AvgIpc) is 2.47. The number of hydrogen-bond acceptors (Lipinski definition) is 2. The Hall–Kier alpha value is -0.800. The normalized spacial score (nSPS) is 10.6. The van der Waals surface area contributed by atoms with Gasteiger partial charge in [-0.15, -0.1) is 11.3 Å². The molecule has 1 aromatic carbocycles. The van der Waals surface area contributed by atoms with Crippen LogP contribution in [0, 0.1) is 13.8 Å². The Morgan fingerprint density at radius 1 is 1.13 bits per heavy atom. The maximum absolute atomic E-state index is 5.97. The van der Waals surface area contributed by atoms with Crippen LogP contribution in [-0.2, 0) is 0 Å². The first-order valence-corrected chi connectivity index (χ1v) is 6.32. The number of thiophene rings is 1. The van der Waals surface area contributed by atoms with Gasteiger partial charge in [0.1, 0.15) is 0 Å². The zero-order valence-electron chi connectivity index (χ0n) is 8.67. The maximum atomic E-state index is 5.97. The van der Waals surface area contributed by atoms with Crippen molar-refractivity contribution in [1.82, 2.24) is 0 Å². The molecule has 1 nitrogen and oxygen atoms in total. The van der Waals surface area contributed by atoms with Gasteiger partial charge in [-0.25, -0.2) is 0 Å². The van der Waals surface area contributed by atoms with E-state index in [2.05, 4.69) is 54.0 Å². The third kappa shape index (κ3) is 1.94. The molecule has 0 saturated heterocycles. The van der Waals surface area contributed by atoms with E-state index in [1.54, 1.807) is 11.3 Å². The summed E-state index contributed by atoms with van der Waals surface area (Å²) in [6, 6.07) is 8.34. The predicted molar refractivity (Wildman–Crippen MR) is 71.3 cm³/mol. The molecule has 0 saturated carbocycles. The fraction of sp³-hybridized carbons (Fsp3) is 0.167. The lowest BCUT2D eigenvalue weighted by molar-refractivity contribution is 1.49. The van der Waals surface area contributed by atoms with Crippen molar-refractivity contribution in [2.75, 3.05) is 5.73 Å². The Morgan fingerprint density at radius 3 is 2.20 bits per heavy atom. The van der Waals surface area contributed by atoms with Crippen molar-refractivity contribution in [3.8, 4) is 10.4 Å². The highest BCUT2D eigenvalue weighted by Crippen LogP contribution is 2.37. The monoisotopic (exact) mass is 281 g/mol. The molecule has 15 heavy (non-hydrogen) atoms. The van der Waals surface area contributed by atoms with Gasteiger partial charge in [-0.3, -0.25) is 0 Å². The molecule has 2 aromatic rings. The molecule has 0 atom stereocenters. The zero-order chi connectivity index (χ0) is 11.0. The molecule has 2 rings (SSSR count). The second kappa shape index (κ2) is 3.99. The van der Waals surface area contributed by atoms with Crippen LogP contribution in [0.1, 0.15) is 10.4 Å². The molecule has 78 valence electrons. The third-order valence-corrected chi connectivity index (χ3v) is 4.29. The van der Waals surface area contributed by atoms with Crippen molar-refractivity contribution in [2.45, 2.75) is 13.8 Å². The molecular formula is C12H12BrNS. The number of nitrogen functional groups attached to an aromatic ring is 1. The minimum Gasteiger partial charge on any atom is -0.398 e.